The van der Waals surface area contributed by atoms with E-state index in [-0.39, 0.29) is 17.6 Å². The molecule has 1 aliphatic heterocycles. The monoisotopic (exact) mass is 389 g/mol. The number of anilines is 2. The highest BCUT2D eigenvalue weighted by Gasteiger charge is 2.46. The van der Waals surface area contributed by atoms with Crippen LogP contribution in [0, 0.1) is 5.41 Å². The maximum absolute atomic E-state index is 12.3. The Bertz CT molecular complexity index is 751. The van der Waals surface area contributed by atoms with Gasteiger partial charge in [0.2, 0.25) is 0 Å². The highest BCUT2D eigenvalue weighted by Crippen LogP contribution is 2.47. The van der Waals surface area contributed by atoms with E-state index in [2.05, 4.69) is 15.2 Å². The summed E-state index contributed by atoms with van der Waals surface area (Å²) in [4.78, 5) is 30.5. The van der Waals surface area contributed by atoms with Crippen LogP contribution in [0.4, 0.5) is 16.4 Å². The molecule has 8 heteroatoms. The van der Waals surface area contributed by atoms with Gasteiger partial charge in [0.1, 0.15) is 17.2 Å². The van der Waals surface area contributed by atoms with Gasteiger partial charge in [0.15, 0.2) is 0 Å². The van der Waals surface area contributed by atoms with Gasteiger partial charge in [0.05, 0.1) is 5.56 Å². The standard InChI is InChI=1S/C20H31N5O3/c1-19(2,3)28-18(27)23-14-5-4-8-20(14)9-11-25(12-10-20)17-13(16(22)26)6-7-15(21)24-17/h6-7,14H,4-5,8-12H2,1-3H3,(H2,21,24)(H2,22,26)(H,23,27). The Labute approximate surface area is 166 Å². The van der Waals surface area contributed by atoms with Crippen LogP contribution in [0.5, 0.6) is 0 Å². The van der Waals surface area contributed by atoms with Crippen molar-refractivity contribution >= 4 is 23.6 Å². The van der Waals surface area contributed by atoms with Crippen LogP contribution in [-0.4, -0.2) is 41.7 Å². The second kappa shape index (κ2) is 7.48. The van der Waals surface area contributed by atoms with Crippen LogP contribution >= 0.6 is 0 Å². The zero-order valence-electron chi connectivity index (χ0n) is 17.0. The molecular formula is C20H31N5O3. The third-order valence-corrected chi connectivity index (χ3v) is 5.82. The normalized spacial score (nSPS) is 21.5. The molecule has 2 fully saturated rings. The molecule has 5 N–H and O–H groups in total. The Balaban J connectivity index is 1.69. The molecule has 154 valence electrons. The minimum absolute atomic E-state index is 0.0562. The van der Waals surface area contributed by atoms with Gasteiger partial charge in [-0.05, 0) is 64.0 Å². The number of hydrogen-bond acceptors (Lipinski definition) is 6. The van der Waals surface area contributed by atoms with Crippen molar-refractivity contribution in [1.82, 2.24) is 10.3 Å². The SMILES string of the molecule is CC(C)(C)OC(=O)NC1CCCC12CCN(c1nc(N)ccc1C(N)=O)CC2. The number of hydrogen-bond donors (Lipinski definition) is 3. The topological polar surface area (TPSA) is 124 Å². The van der Waals surface area contributed by atoms with E-state index in [1.54, 1.807) is 12.1 Å². The van der Waals surface area contributed by atoms with Crippen molar-refractivity contribution in [2.45, 2.75) is 64.5 Å². The summed E-state index contributed by atoms with van der Waals surface area (Å²) in [6.07, 6.45) is 4.58. The van der Waals surface area contributed by atoms with Gasteiger partial charge in [-0.15, -0.1) is 0 Å². The quantitative estimate of drug-likeness (QED) is 0.729. The highest BCUT2D eigenvalue weighted by molar-refractivity contribution is 5.98. The van der Waals surface area contributed by atoms with Crippen molar-refractivity contribution in [1.29, 1.82) is 0 Å². The number of piperidine rings is 1. The first-order valence-electron chi connectivity index (χ1n) is 9.90. The van der Waals surface area contributed by atoms with Gasteiger partial charge in [-0.3, -0.25) is 4.79 Å². The number of aromatic nitrogens is 1. The van der Waals surface area contributed by atoms with Crippen LogP contribution in [0.3, 0.4) is 0 Å². The minimum Gasteiger partial charge on any atom is -0.444 e. The summed E-state index contributed by atoms with van der Waals surface area (Å²) in [7, 11) is 0. The van der Waals surface area contributed by atoms with Crippen molar-refractivity contribution < 1.29 is 14.3 Å². The van der Waals surface area contributed by atoms with Crippen molar-refractivity contribution in [3.63, 3.8) is 0 Å². The van der Waals surface area contributed by atoms with Gasteiger partial charge in [-0.25, -0.2) is 9.78 Å². The molecule has 1 aromatic rings. The summed E-state index contributed by atoms with van der Waals surface area (Å²) < 4.78 is 5.44. The van der Waals surface area contributed by atoms with E-state index in [0.29, 0.717) is 17.2 Å². The predicted octanol–water partition coefficient (Wildman–Crippen LogP) is 2.43. The van der Waals surface area contributed by atoms with E-state index in [0.717, 1.165) is 45.2 Å². The molecule has 1 unspecified atom stereocenters. The number of pyridine rings is 1. The molecular weight excluding hydrogens is 358 g/mol. The Morgan fingerprint density at radius 2 is 1.93 bits per heavy atom. The van der Waals surface area contributed by atoms with Crippen LogP contribution in [0.25, 0.3) is 0 Å². The van der Waals surface area contributed by atoms with E-state index in [9.17, 15) is 9.59 Å². The largest absolute Gasteiger partial charge is 0.444 e. The summed E-state index contributed by atoms with van der Waals surface area (Å²) in [5.74, 6) is 0.413. The lowest BCUT2D eigenvalue weighted by Gasteiger charge is -2.44. The number of nitrogens with two attached hydrogens (primary N) is 2. The molecule has 1 atom stereocenters. The number of carbonyl (C=O) groups excluding carboxylic acids is 2. The summed E-state index contributed by atoms with van der Waals surface area (Å²) >= 11 is 0. The minimum atomic E-state index is -0.511. The molecule has 1 saturated heterocycles. The van der Waals surface area contributed by atoms with E-state index in [4.69, 9.17) is 16.2 Å². The van der Waals surface area contributed by atoms with Gasteiger partial charge >= 0.3 is 6.09 Å². The number of rotatable bonds is 3. The number of carbonyl (C=O) groups is 2. The lowest BCUT2D eigenvalue weighted by atomic mass is 9.74. The molecule has 1 saturated carbocycles. The fraction of sp³-hybridized carbons (Fsp3) is 0.650. The molecule has 8 nitrogen and oxygen atoms in total. The second-order valence-corrected chi connectivity index (χ2v) is 8.91. The maximum atomic E-state index is 12.3. The highest BCUT2D eigenvalue weighted by atomic mass is 16.6. The number of nitrogens with zero attached hydrogens (tertiary/aromatic N) is 2. The number of nitrogen functional groups attached to an aromatic ring is 1. The summed E-state index contributed by atoms with van der Waals surface area (Å²) in [5, 5.41) is 3.10. The van der Waals surface area contributed by atoms with Gasteiger partial charge in [0.25, 0.3) is 5.91 Å². The lowest BCUT2D eigenvalue weighted by molar-refractivity contribution is 0.0442. The Morgan fingerprint density at radius 3 is 2.54 bits per heavy atom. The van der Waals surface area contributed by atoms with Crippen LogP contribution in [-0.2, 0) is 4.74 Å². The van der Waals surface area contributed by atoms with Crippen molar-refractivity contribution in [2.24, 2.45) is 11.1 Å². The van der Waals surface area contributed by atoms with Crippen molar-refractivity contribution in [3.05, 3.63) is 17.7 Å². The third-order valence-electron chi connectivity index (χ3n) is 5.82. The predicted molar refractivity (Wildman–Crippen MR) is 108 cm³/mol. The van der Waals surface area contributed by atoms with E-state index in [1.165, 1.54) is 0 Å². The Morgan fingerprint density at radius 1 is 1.25 bits per heavy atom. The third kappa shape index (κ3) is 4.31. The summed E-state index contributed by atoms with van der Waals surface area (Å²) in [6, 6.07) is 3.33. The first-order valence-corrected chi connectivity index (χ1v) is 9.90. The number of amides is 2. The Hall–Kier alpha value is -2.51. The van der Waals surface area contributed by atoms with Gasteiger partial charge in [-0.1, -0.05) is 6.42 Å². The molecule has 0 aromatic carbocycles. The summed E-state index contributed by atoms with van der Waals surface area (Å²) in [6.45, 7) is 7.07. The molecule has 28 heavy (non-hydrogen) atoms. The first-order chi connectivity index (χ1) is 13.1. The van der Waals surface area contributed by atoms with Crippen LogP contribution in [0.1, 0.15) is 63.2 Å². The molecule has 2 amide bonds. The molecule has 0 bridgehead atoms. The number of alkyl carbamates (subject to hydrolysis) is 1. The molecule has 0 radical (unpaired) electrons. The molecule has 1 spiro atoms. The molecule has 1 aromatic heterocycles. The smallest absolute Gasteiger partial charge is 0.407 e. The van der Waals surface area contributed by atoms with E-state index < -0.39 is 11.5 Å². The average Bonchev–Trinajstić information content (AvgIpc) is 2.95. The van der Waals surface area contributed by atoms with Crippen LogP contribution < -0.4 is 21.7 Å². The lowest BCUT2D eigenvalue weighted by Crippen LogP contribution is -2.51. The van der Waals surface area contributed by atoms with Crippen molar-refractivity contribution in [3.8, 4) is 0 Å². The fourth-order valence-corrected chi connectivity index (χ4v) is 4.47. The van der Waals surface area contributed by atoms with Crippen LogP contribution in [0.2, 0.25) is 0 Å². The molecule has 3 rings (SSSR count). The zero-order valence-corrected chi connectivity index (χ0v) is 17.0. The maximum Gasteiger partial charge on any atom is 0.407 e. The fourth-order valence-electron chi connectivity index (χ4n) is 4.47. The summed E-state index contributed by atoms with van der Waals surface area (Å²) in [5.41, 5.74) is 11.3. The van der Waals surface area contributed by atoms with E-state index in [1.807, 2.05) is 20.8 Å². The second-order valence-electron chi connectivity index (χ2n) is 8.91. The molecule has 1 aliphatic carbocycles. The zero-order chi connectivity index (χ0) is 20.5. The van der Waals surface area contributed by atoms with Gasteiger partial charge in [0, 0.05) is 19.1 Å². The van der Waals surface area contributed by atoms with E-state index >= 15 is 0 Å². The molecule has 2 aliphatic rings. The Kier molecular flexibility index (Phi) is 5.41. The van der Waals surface area contributed by atoms with Crippen molar-refractivity contribution in [2.75, 3.05) is 23.7 Å². The number of ether oxygens (including phenoxy) is 1. The first kappa shape index (κ1) is 20.2. The number of primary amides is 1. The van der Waals surface area contributed by atoms with Gasteiger partial charge in [-0.2, -0.15) is 0 Å². The average molecular weight is 390 g/mol. The van der Waals surface area contributed by atoms with Crippen LogP contribution in [0.15, 0.2) is 12.1 Å². The molecule has 2 heterocycles. The van der Waals surface area contributed by atoms with Gasteiger partial charge < -0.3 is 26.4 Å². The number of nitrogens with one attached hydrogen (secondary N) is 1.